The van der Waals surface area contributed by atoms with Gasteiger partial charge in [-0.25, -0.2) is 0 Å². The Kier molecular flexibility index (Phi) is 4.79. The Balaban J connectivity index is 1.83. The average molecular weight is 261 g/mol. The van der Waals surface area contributed by atoms with E-state index in [0.717, 1.165) is 25.2 Å². The van der Waals surface area contributed by atoms with Crippen LogP contribution in [0.25, 0.3) is 0 Å². The van der Waals surface area contributed by atoms with Crippen LogP contribution in [0.4, 0.5) is 0 Å². The fourth-order valence-corrected chi connectivity index (χ4v) is 2.46. The average Bonchev–Trinajstić information content (AvgIpc) is 2.92. The van der Waals surface area contributed by atoms with Gasteiger partial charge in [0.2, 0.25) is 0 Å². The van der Waals surface area contributed by atoms with Gasteiger partial charge in [0.15, 0.2) is 0 Å². The molecule has 0 saturated carbocycles. The molecule has 0 aliphatic heterocycles. The van der Waals surface area contributed by atoms with Crippen molar-refractivity contribution < 1.29 is 4.74 Å². The monoisotopic (exact) mass is 261 g/mol. The third kappa shape index (κ3) is 3.59. The fraction of sp³-hybridized carbons (Fsp3) is 0.333. The minimum Gasteiger partial charge on any atom is -0.493 e. The molecule has 0 amide bonds. The number of hydrogen-bond donors (Lipinski definition) is 1. The highest BCUT2D eigenvalue weighted by atomic mass is 32.1. The molecule has 3 heteroatoms. The van der Waals surface area contributed by atoms with Crippen molar-refractivity contribution in [1.82, 2.24) is 0 Å². The van der Waals surface area contributed by atoms with Crippen LogP contribution < -0.4 is 10.5 Å². The van der Waals surface area contributed by atoms with E-state index in [-0.39, 0.29) is 6.04 Å². The molecule has 96 valence electrons. The minimum atomic E-state index is 0.130. The van der Waals surface area contributed by atoms with Crippen molar-refractivity contribution in [3.63, 3.8) is 0 Å². The summed E-state index contributed by atoms with van der Waals surface area (Å²) in [6, 6.07) is 12.4. The van der Waals surface area contributed by atoms with Crippen LogP contribution in [-0.2, 0) is 6.42 Å². The van der Waals surface area contributed by atoms with Crippen molar-refractivity contribution >= 4 is 11.3 Å². The molecular formula is C15H19NOS. The lowest BCUT2D eigenvalue weighted by Gasteiger charge is -2.10. The Hall–Kier alpha value is -1.32. The van der Waals surface area contributed by atoms with Crippen LogP contribution in [0.3, 0.4) is 0 Å². The van der Waals surface area contributed by atoms with Gasteiger partial charge in [-0.1, -0.05) is 25.1 Å². The number of thiophene rings is 1. The molecule has 1 heterocycles. The van der Waals surface area contributed by atoms with Crippen molar-refractivity contribution in [2.24, 2.45) is 5.73 Å². The predicted molar refractivity (Wildman–Crippen MR) is 77.2 cm³/mol. The Morgan fingerprint density at radius 1 is 1.22 bits per heavy atom. The highest BCUT2D eigenvalue weighted by molar-refractivity contribution is 7.09. The van der Waals surface area contributed by atoms with Crippen LogP contribution in [-0.4, -0.2) is 6.61 Å². The minimum absolute atomic E-state index is 0.130. The van der Waals surface area contributed by atoms with E-state index in [1.807, 2.05) is 12.1 Å². The molecule has 2 rings (SSSR count). The summed E-state index contributed by atoms with van der Waals surface area (Å²) in [4.78, 5) is 1.36. The molecule has 18 heavy (non-hydrogen) atoms. The van der Waals surface area contributed by atoms with Gasteiger partial charge in [-0.05, 0) is 35.6 Å². The molecule has 0 spiro atoms. The summed E-state index contributed by atoms with van der Waals surface area (Å²) in [7, 11) is 0. The molecule has 1 aromatic carbocycles. The largest absolute Gasteiger partial charge is 0.493 e. The van der Waals surface area contributed by atoms with Gasteiger partial charge >= 0.3 is 0 Å². The van der Waals surface area contributed by atoms with Gasteiger partial charge < -0.3 is 10.5 Å². The van der Waals surface area contributed by atoms with E-state index in [9.17, 15) is 0 Å². The van der Waals surface area contributed by atoms with Crippen LogP contribution in [0.2, 0.25) is 0 Å². The van der Waals surface area contributed by atoms with Gasteiger partial charge in [-0.15, -0.1) is 11.3 Å². The highest BCUT2D eigenvalue weighted by Gasteiger charge is 2.03. The Morgan fingerprint density at radius 3 is 2.61 bits per heavy atom. The van der Waals surface area contributed by atoms with Crippen molar-refractivity contribution in [3.05, 3.63) is 52.2 Å². The first kappa shape index (κ1) is 13.1. The smallest absolute Gasteiger partial charge is 0.119 e. The maximum Gasteiger partial charge on any atom is 0.119 e. The topological polar surface area (TPSA) is 35.2 Å². The number of ether oxygens (including phenoxy) is 1. The van der Waals surface area contributed by atoms with Crippen LogP contribution in [0, 0.1) is 0 Å². The van der Waals surface area contributed by atoms with Gasteiger partial charge in [-0.3, -0.25) is 0 Å². The number of benzene rings is 1. The van der Waals surface area contributed by atoms with Crippen LogP contribution in [0.15, 0.2) is 41.8 Å². The molecule has 0 bridgehead atoms. The zero-order valence-corrected chi connectivity index (χ0v) is 11.5. The SMILES string of the molecule is CC[C@H](N)c1ccc(OCCc2cccs2)cc1. The lowest BCUT2D eigenvalue weighted by atomic mass is 10.1. The van der Waals surface area contributed by atoms with Crippen molar-refractivity contribution in [2.75, 3.05) is 6.61 Å². The zero-order valence-electron chi connectivity index (χ0n) is 10.6. The highest BCUT2D eigenvalue weighted by Crippen LogP contribution is 2.18. The summed E-state index contributed by atoms with van der Waals surface area (Å²) in [5.41, 5.74) is 7.14. The van der Waals surface area contributed by atoms with E-state index in [1.165, 1.54) is 10.4 Å². The molecule has 0 saturated heterocycles. The molecule has 2 N–H and O–H groups in total. The molecule has 2 aromatic rings. The van der Waals surface area contributed by atoms with Crippen LogP contribution >= 0.6 is 11.3 Å². The third-order valence-electron chi connectivity index (χ3n) is 2.95. The maximum atomic E-state index is 5.97. The van der Waals surface area contributed by atoms with Crippen LogP contribution in [0.5, 0.6) is 5.75 Å². The third-order valence-corrected chi connectivity index (χ3v) is 3.88. The quantitative estimate of drug-likeness (QED) is 0.859. The number of rotatable bonds is 6. The summed E-state index contributed by atoms with van der Waals surface area (Å²) in [5, 5.41) is 2.09. The summed E-state index contributed by atoms with van der Waals surface area (Å²) in [6.07, 6.45) is 1.92. The zero-order chi connectivity index (χ0) is 12.8. The molecule has 0 fully saturated rings. The second-order valence-electron chi connectivity index (χ2n) is 4.26. The van der Waals surface area contributed by atoms with Gasteiger partial charge in [0.05, 0.1) is 6.61 Å². The van der Waals surface area contributed by atoms with E-state index in [0.29, 0.717) is 0 Å². The normalized spacial score (nSPS) is 12.3. The summed E-state index contributed by atoms with van der Waals surface area (Å²) >= 11 is 1.77. The molecule has 0 radical (unpaired) electrons. The number of hydrogen-bond acceptors (Lipinski definition) is 3. The Labute approximate surface area is 112 Å². The van der Waals surface area contributed by atoms with Gasteiger partial charge in [0, 0.05) is 17.3 Å². The van der Waals surface area contributed by atoms with Crippen LogP contribution in [0.1, 0.15) is 29.8 Å². The van der Waals surface area contributed by atoms with Gasteiger partial charge in [-0.2, -0.15) is 0 Å². The van der Waals surface area contributed by atoms with E-state index >= 15 is 0 Å². The van der Waals surface area contributed by atoms with Gasteiger partial charge in [0.25, 0.3) is 0 Å². The molecule has 1 atom stereocenters. The Bertz CT molecular complexity index is 450. The molecular weight excluding hydrogens is 242 g/mol. The predicted octanol–water partition coefficient (Wildman–Crippen LogP) is 3.78. The summed E-state index contributed by atoms with van der Waals surface area (Å²) < 4.78 is 5.71. The summed E-state index contributed by atoms with van der Waals surface area (Å²) in [6.45, 7) is 2.82. The van der Waals surface area contributed by atoms with E-state index in [1.54, 1.807) is 11.3 Å². The second kappa shape index (κ2) is 6.57. The summed E-state index contributed by atoms with van der Waals surface area (Å²) in [5.74, 6) is 0.915. The molecule has 0 aliphatic carbocycles. The van der Waals surface area contributed by atoms with E-state index in [4.69, 9.17) is 10.5 Å². The lowest BCUT2D eigenvalue weighted by molar-refractivity contribution is 0.323. The first-order chi connectivity index (χ1) is 8.79. The van der Waals surface area contributed by atoms with Crippen molar-refractivity contribution in [1.29, 1.82) is 0 Å². The van der Waals surface area contributed by atoms with E-state index in [2.05, 4.69) is 36.6 Å². The van der Waals surface area contributed by atoms with Crippen molar-refractivity contribution in [2.45, 2.75) is 25.8 Å². The molecule has 0 aliphatic rings. The molecule has 2 nitrogen and oxygen atoms in total. The molecule has 0 unspecified atom stereocenters. The maximum absolute atomic E-state index is 5.97. The van der Waals surface area contributed by atoms with Crippen molar-refractivity contribution in [3.8, 4) is 5.75 Å². The standard InChI is InChI=1S/C15H19NOS/c1-2-15(16)12-5-7-13(8-6-12)17-10-9-14-4-3-11-18-14/h3-8,11,15H,2,9-10,16H2,1H3/t15-/m0/s1. The van der Waals surface area contributed by atoms with Gasteiger partial charge in [0.1, 0.15) is 5.75 Å². The van der Waals surface area contributed by atoms with E-state index < -0.39 is 0 Å². The fourth-order valence-electron chi connectivity index (χ4n) is 1.77. The molecule has 1 aromatic heterocycles. The second-order valence-corrected chi connectivity index (χ2v) is 5.29. The lowest BCUT2D eigenvalue weighted by Crippen LogP contribution is -2.08. The first-order valence-electron chi connectivity index (χ1n) is 6.30. The first-order valence-corrected chi connectivity index (χ1v) is 7.18. The Morgan fingerprint density at radius 2 is 2.00 bits per heavy atom. The number of nitrogens with two attached hydrogens (primary N) is 1.